The van der Waals surface area contributed by atoms with Gasteiger partial charge >= 0.3 is 0 Å². The molecule has 0 spiro atoms. The number of aromatic nitrogens is 2. The van der Waals surface area contributed by atoms with Crippen LogP contribution in [0.2, 0.25) is 0 Å². The second kappa shape index (κ2) is 9.90. The van der Waals surface area contributed by atoms with Gasteiger partial charge in [0.15, 0.2) is 0 Å². The van der Waals surface area contributed by atoms with Crippen molar-refractivity contribution in [3.05, 3.63) is 40.6 Å². The van der Waals surface area contributed by atoms with Crippen LogP contribution >= 0.6 is 0 Å². The topological polar surface area (TPSA) is 146 Å². The van der Waals surface area contributed by atoms with Crippen LogP contribution in [-0.2, 0) is 24.1 Å². The van der Waals surface area contributed by atoms with Crippen LogP contribution < -0.4 is 21.3 Å². The van der Waals surface area contributed by atoms with Crippen molar-refractivity contribution < 1.29 is 19.7 Å². The van der Waals surface area contributed by atoms with Crippen LogP contribution in [0.3, 0.4) is 0 Å². The minimum absolute atomic E-state index is 0.0770. The summed E-state index contributed by atoms with van der Waals surface area (Å²) >= 11 is 0. The number of carbonyl (C=O) groups is 1. The maximum atomic E-state index is 12.4. The number of fused-ring (bicyclic) bond motifs is 1. The van der Waals surface area contributed by atoms with Crippen molar-refractivity contribution in [2.24, 2.45) is 5.73 Å². The molecule has 1 aromatic heterocycles. The van der Waals surface area contributed by atoms with E-state index in [1.807, 2.05) is 18.0 Å². The highest BCUT2D eigenvalue weighted by Crippen LogP contribution is 2.27. The lowest BCUT2D eigenvalue weighted by Crippen LogP contribution is -2.46. The Kier molecular flexibility index (Phi) is 6.96. The molecule has 0 unspecified atom stereocenters. The van der Waals surface area contributed by atoms with Gasteiger partial charge in [-0.2, -0.15) is 4.98 Å². The summed E-state index contributed by atoms with van der Waals surface area (Å²) in [7, 11) is 1.87. The minimum atomic E-state index is -0.800. The number of hydrogen-bond acceptors (Lipinski definition) is 9. The Balaban J connectivity index is 1.62. The molecule has 0 saturated carbocycles. The number of phenolic OH excluding ortho intramolecular Hbond substituents is 1. The Bertz CT molecular complexity index is 1010. The number of nitrogens with one attached hydrogen (secondary N) is 2. The summed E-state index contributed by atoms with van der Waals surface area (Å²) in [6.07, 6.45) is 0.862. The maximum Gasteiger partial charge on any atom is 0.267 e. The summed E-state index contributed by atoms with van der Waals surface area (Å²) in [5.41, 5.74) is 8.42. The molecule has 2 aliphatic heterocycles. The van der Waals surface area contributed by atoms with Gasteiger partial charge < -0.3 is 36.2 Å². The number of aliphatic hydroxyl groups excluding tert-OH is 1. The molecule has 1 saturated heterocycles. The largest absolute Gasteiger partial charge is 0.508 e. The molecule has 1 aromatic carbocycles. The fraction of sp³-hybridized carbons (Fsp3) is 0.522. The molecule has 3 heterocycles. The van der Waals surface area contributed by atoms with Gasteiger partial charge in [0, 0.05) is 38.2 Å². The molecule has 1 fully saturated rings. The zero-order valence-corrected chi connectivity index (χ0v) is 19.0. The summed E-state index contributed by atoms with van der Waals surface area (Å²) in [6, 6.07) is 5.11. The van der Waals surface area contributed by atoms with E-state index in [-0.39, 0.29) is 29.9 Å². The van der Waals surface area contributed by atoms with Crippen LogP contribution in [0.1, 0.15) is 40.5 Å². The molecule has 178 valence electrons. The Morgan fingerprint density at radius 3 is 2.82 bits per heavy atom. The number of ether oxygens (including phenoxy) is 1. The number of aliphatic hydroxyl groups is 1. The Morgan fingerprint density at radius 2 is 2.15 bits per heavy atom. The van der Waals surface area contributed by atoms with Gasteiger partial charge in [-0.15, -0.1) is 0 Å². The van der Waals surface area contributed by atoms with Crippen LogP contribution in [0.4, 0.5) is 11.8 Å². The average Bonchev–Trinajstić information content (AvgIpc) is 2.76. The van der Waals surface area contributed by atoms with Gasteiger partial charge in [0.1, 0.15) is 17.3 Å². The van der Waals surface area contributed by atoms with Gasteiger partial charge in [-0.1, -0.05) is 13.0 Å². The van der Waals surface area contributed by atoms with Gasteiger partial charge in [0.05, 0.1) is 25.4 Å². The second-order valence-corrected chi connectivity index (χ2v) is 8.78. The number of rotatable bonds is 9. The minimum Gasteiger partial charge on any atom is -0.508 e. The lowest BCUT2D eigenvalue weighted by Gasteiger charge is -2.32. The summed E-state index contributed by atoms with van der Waals surface area (Å²) in [5.74, 6) is 0.485. The molecule has 2 aromatic rings. The van der Waals surface area contributed by atoms with E-state index in [4.69, 9.17) is 10.5 Å². The van der Waals surface area contributed by atoms with Crippen molar-refractivity contribution in [2.75, 3.05) is 37.0 Å². The molecule has 0 radical (unpaired) electrons. The number of benzene rings is 1. The quantitative estimate of drug-likeness (QED) is 0.365. The summed E-state index contributed by atoms with van der Waals surface area (Å²) in [6.45, 7) is 4.42. The van der Waals surface area contributed by atoms with Crippen LogP contribution in [0.25, 0.3) is 0 Å². The molecular formula is C23H32N6O4. The van der Waals surface area contributed by atoms with Crippen LogP contribution in [0.5, 0.6) is 5.75 Å². The van der Waals surface area contributed by atoms with E-state index in [2.05, 4.69) is 27.5 Å². The number of primary amides is 1. The number of hydrogen-bond donors (Lipinski definition) is 5. The number of carbonyl (C=O) groups excluding carboxylic acids is 1. The first kappa shape index (κ1) is 23.2. The molecule has 4 rings (SSSR count). The lowest BCUT2D eigenvalue weighted by molar-refractivity contribution is 0.0209. The van der Waals surface area contributed by atoms with Crippen LogP contribution in [0, 0.1) is 0 Å². The van der Waals surface area contributed by atoms with Gasteiger partial charge in [-0.05, 0) is 36.1 Å². The van der Waals surface area contributed by atoms with Crippen molar-refractivity contribution in [1.29, 1.82) is 0 Å². The highest BCUT2D eigenvalue weighted by Gasteiger charge is 2.30. The molecule has 2 aliphatic rings. The third-order valence-corrected chi connectivity index (χ3v) is 6.17. The Morgan fingerprint density at radius 1 is 1.36 bits per heavy atom. The molecule has 10 nitrogen and oxygen atoms in total. The lowest BCUT2D eigenvalue weighted by atomic mass is 9.90. The summed E-state index contributed by atoms with van der Waals surface area (Å²) in [4.78, 5) is 23.4. The first-order chi connectivity index (χ1) is 15.9. The van der Waals surface area contributed by atoms with Crippen LogP contribution in [-0.4, -0.2) is 71.1 Å². The zero-order valence-electron chi connectivity index (χ0n) is 19.0. The molecule has 6 N–H and O–H groups in total. The number of amides is 1. The second-order valence-electron chi connectivity index (χ2n) is 8.78. The molecule has 0 bridgehead atoms. The molecule has 0 aliphatic carbocycles. The third-order valence-electron chi connectivity index (χ3n) is 6.17. The standard InChI is InChI=1S/C23H32N6O4/c1-3-6-29(2)23-27-20(21(24)32)17(22(28-23)26-15-11-33-12-15)9-19(31)18-8-13-4-5-16(30)7-14(13)10-25-18/h4-5,7,15,18-19,25,30-31H,3,6,8-12H2,1-2H3,(H2,24,32)(H,26,27,28)/t18-,19+/m0/s1. The fourth-order valence-electron chi connectivity index (χ4n) is 4.26. The highest BCUT2D eigenvalue weighted by atomic mass is 16.5. The van der Waals surface area contributed by atoms with Gasteiger partial charge in [-0.25, -0.2) is 4.98 Å². The van der Waals surface area contributed by atoms with Crippen LogP contribution in [0.15, 0.2) is 18.2 Å². The van der Waals surface area contributed by atoms with E-state index in [0.717, 1.165) is 24.1 Å². The Labute approximate surface area is 193 Å². The number of aromatic hydroxyl groups is 1. The molecule has 1 amide bonds. The number of phenols is 1. The highest BCUT2D eigenvalue weighted by molar-refractivity contribution is 5.94. The van der Waals surface area contributed by atoms with Crippen molar-refractivity contribution >= 4 is 17.7 Å². The van der Waals surface area contributed by atoms with Crippen molar-refractivity contribution in [3.8, 4) is 5.75 Å². The summed E-state index contributed by atoms with van der Waals surface area (Å²) < 4.78 is 5.27. The van der Waals surface area contributed by atoms with E-state index in [1.54, 1.807) is 12.1 Å². The zero-order chi connectivity index (χ0) is 23.5. The third kappa shape index (κ3) is 5.18. The number of nitrogens with two attached hydrogens (primary N) is 1. The van der Waals surface area contributed by atoms with E-state index in [1.165, 1.54) is 0 Å². The molecular weight excluding hydrogens is 424 g/mol. The van der Waals surface area contributed by atoms with Crippen molar-refractivity contribution in [1.82, 2.24) is 15.3 Å². The average molecular weight is 457 g/mol. The smallest absolute Gasteiger partial charge is 0.267 e. The summed E-state index contributed by atoms with van der Waals surface area (Å²) in [5, 5.41) is 27.5. The van der Waals surface area contributed by atoms with Crippen molar-refractivity contribution in [3.63, 3.8) is 0 Å². The van der Waals surface area contributed by atoms with E-state index >= 15 is 0 Å². The molecule has 33 heavy (non-hydrogen) atoms. The SMILES string of the molecule is CCCN(C)c1nc(NC2COC2)c(C[C@@H](O)[C@@H]2Cc3ccc(O)cc3CN2)c(C(N)=O)n1. The normalized spacial score (nSPS) is 18.8. The Hall–Kier alpha value is -2.95. The van der Waals surface area contributed by atoms with E-state index < -0.39 is 12.0 Å². The first-order valence-electron chi connectivity index (χ1n) is 11.3. The van der Waals surface area contributed by atoms with Gasteiger partial charge in [-0.3, -0.25) is 4.79 Å². The van der Waals surface area contributed by atoms with Crippen molar-refractivity contribution in [2.45, 2.75) is 50.9 Å². The molecule has 10 heteroatoms. The number of anilines is 2. The van der Waals surface area contributed by atoms with Gasteiger partial charge in [0.2, 0.25) is 5.95 Å². The number of nitrogens with zero attached hydrogens (tertiary/aromatic N) is 3. The predicted octanol–water partition coefficient (Wildman–Crippen LogP) is 0.556. The predicted molar refractivity (Wildman–Crippen MR) is 124 cm³/mol. The first-order valence-corrected chi connectivity index (χ1v) is 11.3. The van der Waals surface area contributed by atoms with E-state index in [9.17, 15) is 15.0 Å². The molecule has 2 atom stereocenters. The fourth-order valence-corrected chi connectivity index (χ4v) is 4.26. The van der Waals surface area contributed by atoms with Gasteiger partial charge in [0.25, 0.3) is 5.91 Å². The maximum absolute atomic E-state index is 12.4. The van der Waals surface area contributed by atoms with E-state index in [0.29, 0.717) is 43.5 Å². The monoisotopic (exact) mass is 456 g/mol.